The largest absolute Gasteiger partial charge is 0.455 e. The van der Waals surface area contributed by atoms with Crippen molar-refractivity contribution in [2.24, 2.45) is 0 Å². The van der Waals surface area contributed by atoms with Crippen LogP contribution in [0.25, 0.3) is 0 Å². The zero-order valence-electron chi connectivity index (χ0n) is 13.4. The molecule has 1 spiro atoms. The van der Waals surface area contributed by atoms with Crippen LogP contribution in [-0.4, -0.2) is 49.1 Å². The van der Waals surface area contributed by atoms with E-state index in [2.05, 4.69) is 0 Å². The van der Waals surface area contributed by atoms with E-state index in [4.69, 9.17) is 23.7 Å². The van der Waals surface area contributed by atoms with Gasteiger partial charge in [0.2, 0.25) is 0 Å². The van der Waals surface area contributed by atoms with E-state index in [1.165, 1.54) is 0 Å². The molecule has 0 N–H and O–H groups in total. The fourth-order valence-corrected chi connectivity index (χ4v) is 3.47. The number of benzene rings is 1. The molecular weight excluding hydrogens is 300 g/mol. The second-order valence-electron chi connectivity index (χ2n) is 6.66. The summed E-state index contributed by atoms with van der Waals surface area (Å²) in [6.45, 7) is 3.72. The van der Waals surface area contributed by atoms with Gasteiger partial charge in [-0.05, 0) is 26.0 Å². The summed E-state index contributed by atoms with van der Waals surface area (Å²) < 4.78 is 28.8. The van der Waals surface area contributed by atoms with E-state index in [0.29, 0.717) is 12.0 Å². The number of hydrogen-bond acceptors (Lipinski definition) is 6. The lowest BCUT2D eigenvalue weighted by atomic mass is 10.1. The SMILES string of the molecule is CO[C@@H]1O[C@@]2(C[C@@H]2OC(=O)c2ccccc2)C2OC(C)(C)OC21. The van der Waals surface area contributed by atoms with Gasteiger partial charge in [-0.2, -0.15) is 0 Å². The van der Waals surface area contributed by atoms with E-state index in [-0.39, 0.29) is 24.3 Å². The second kappa shape index (κ2) is 5.01. The summed E-state index contributed by atoms with van der Waals surface area (Å²) in [5.41, 5.74) is -0.139. The van der Waals surface area contributed by atoms with Gasteiger partial charge in [0.25, 0.3) is 0 Å². The Balaban J connectivity index is 1.49. The molecule has 5 atom stereocenters. The highest BCUT2D eigenvalue weighted by Gasteiger charge is 2.75. The van der Waals surface area contributed by atoms with Crippen molar-refractivity contribution in [3.05, 3.63) is 35.9 Å². The molecule has 3 fully saturated rings. The third-order valence-electron chi connectivity index (χ3n) is 4.59. The number of fused-ring (bicyclic) bond motifs is 2. The molecule has 0 radical (unpaired) electrons. The minimum Gasteiger partial charge on any atom is -0.455 e. The lowest BCUT2D eigenvalue weighted by Gasteiger charge is -2.23. The normalized spacial score (nSPS) is 40.1. The molecule has 2 unspecified atom stereocenters. The van der Waals surface area contributed by atoms with Crippen LogP contribution in [0.3, 0.4) is 0 Å². The van der Waals surface area contributed by atoms with E-state index in [0.717, 1.165) is 0 Å². The van der Waals surface area contributed by atoms with Crippen molar-refractivity contribution in [3.8, 4) is 0 Å². The van der Waals surface area contributed by atoms with Gasteiger partial charge in [-0.3, -0.25) is 0 Å². The average molecular weight is 320 g/mol. The topological polar surface area (TPSA) is 63.2 Å². The first-order valence-corrected chi connectivity index (χ1v) is 7.77. The molecular formula is C17H20O6. The van der Waals surface area contributed by atoms with E-state index in [9.17, 15) is 4.79 Å². The number of carbonyl (C=O) groups is 1. The van der Waals surface area contributed by atoms with Crippen LogP contribution >= 0.6 is 0 Å². The molecule has 124 valence electrons. The van der Waals surface area contributed by atoms with Crippen molar-refractivity contribution in [2.75, 3.05) is 7.11 Å². The van der Waals surface area contributed by atoms with Gasteiger partial charge in [-0.15, -0.1) is 0 Å². The monoisotopic (exact) mass is 320 g/mol. The lowest BCUT2D eigenvalue weighted by molar-refractivity contribution is -0.236. The number of rotatable bonds is 3. The Morgan fingerprint density at radius 1 is 1.17 bits per heavy atom. The molecule has 2 aliphatic heterocycles. The van der Waals surface area contributed by atoms with Crippen LogP contribution in [-0.2, 0) is 23.7 Å². The van der Waals surface area contributed by atoms with Crippen LogP contribution in [0, 0.1) is 0 Å². The molecule has 23 heavy (non-hydrogen) atoms. The van der Waals surface area contributed by atoms with Crippen LogP contribution in [0.1, 0.15) is 30.6 Å². The number of carbonyl (C=O) groups excluding carboxylic acids is 1. The van der Waals surface area contributed by atoms with Crippen LogP contribution in [0.15, 0.2) is 30.3 Å². The van der Waals surface area contributed by atoms with Crippen LogP contribution < -0.4 is 0 Å². The van der Waals surface area contributed by atoms with Gasteiger partial charge in [-0.1, -0.05) is 18.2 Å². The predicted octanol–water partition coefficient (Wildman–Crippen LogP) is 1.88. The minimum absolute atomic E-state index is 0.295. The Kier molecular flexibility index (Phi) is 3.29. The third-order valence-corrected chi connectivity index (χ3v) is 4.59. The van der Waals surface area contributed by atoms with E-state index in [1.807, 2.05) is 19.9 Å². The summed E-state index contributed by atoms with van der Waals surface area (Å²) >= 11 is 0. The Hall–Kier alpha value is -1.47. The number of esters is 1. The first kappa shape index (κ1) is 15.1. The fraction of sp³-hybridized carbons (Fsp3) is 0.588. The highest BCUT2D eigenvalue weighted by molar-refractivity contribution is 5.89. The van der Waals surface area contributed by atoms with Gasteiger partial charge in [0.05, 0.1) is 5.56 Å². The van der Waals surface area contributed by atoms with E-state index in [1.54, 1.807) is 31.4 Å². The molecule has 6 heteroatoms. The molecule has 1 aliphatic carbocycles. The summed E-state index contributed by atoms with van der Waals surface area (Å²) in [5, 5.41) is 0. The van der Waals surface area contributed by atoms with Gasteiger partial charge in [0, 0.05) is 13.5 Å². The number of ether oxygens (including phenoxy) is 5. The second-order valence-corrected chi connectivity index (χ2v) is 6.66. The maximum atomic E-state index is 12.2. The Morgan fingerprint density at radius 2 is 1.91 bits per heavy atom. The van der Waals surface area contributed by atoms with Crippen molar-refractivity contribution >= 4 is 5.97 Å². The highest BCUT2D eigenvalue weighted by Crippen LogP contribution is 2.57. The van der Waals surface area contributed by atoms with Crippen molar-refractivity contribution in [2.45, 2.75) is 56.3 Å². The third kappa shape index (κ3) is 2.37. The summed E-state index contributed by atoms with van der Waals surface area (Å²) in [6, 6.07) is 8.92. The number of hydrogen-bond donors (Lipinski definition) is 0. The fourth-order valence-electron chi connectivity index (χ4n) is 3.47. The quantitative estimate of drug-likeness (QED) is 0.793. The highest BCUT2D eigenvalue weighted by atomic mass is 16.8. The van der Waals surface area contributed by atoms with Gasteiger partial charge in [-0.25, -0.2) is 4.79 Å². The molecule has 1 aromatic carbocycles. The van der Waals surface area contributed by atoms with Gasteiger partial charge in [0.15, 0.2) is 12.1 Å². The van der Waals surface area contributed by atoms with Crippen molar-refractivity contribution in [3.63, 3.8) is 0 Å². The Morgan fingerprint density at radius 3 is 2.61 bits per heavy atom. The first-order chi connectivity index (χ1) is 11.0. The maximum Gasteiger partial charge on any atom is 0.338 e. The van der Waals surface area contributed by atoms with Gasteiger partial charge in [0.1, 0.15) is 23.9 Å². The molecule has 4 rings (SSSR count). The molecule has 0 amide bonds. The van der Waals surface area contributed by atoms with Crippen molar-refractivity contribution in [1.29, 1.82) is 0 Å². The first-order valence-electron chi connectivity index (χ1n) is 7.77. The van der Waals surface area contributed by atoms with Crippen molar-refractivity contribution in [1.82, 2.24) is 0 Å². The van der Waals surface area contributed by atoms with Crippen molar-refractivity contribution < 1.29 is 28.5 Å². The molecule has 1 saturated carbocycles. The zero-order valence-corrected chi connectivity index (χ0v) is 13.4. The summed E-state index contributed by atoms with van der Waals surface area (Å²) in [7, 11) is 1.57. The van der Waals surface area contributed by atoms with Gasteiger partial charge < -0.3 is 23.7 Å². The Bertz CT molecular complexity index is 615. The molecule has 0 bridgehead atoms. The molecule has 6 nitrogen and oxygen atoms in total. The standard InChI is InChI=1S/C17H20O6/c1-16(2)21-12-13(22-16)17(23-15(12)19-3)9-11(17)20-14(18)10-7-5-4-6-8-10/h4-8,11-13,15H,9H2,1-3H3/t11-,12?,13?,15+,17+/m0/s1. The maximum absolute atomic E-state index is 12.2. The summed E-state index contributed by atoms with van der Waals surface area (Å²) in [5.74, 6) is -1.05. The van der Waals surface area contributed by atoms with Crippen LogP contribution in [0.2, 0.25) is 0 Å². The van der Waals surface area contributed by atoms with E-state index < -0.39 is 17.7 Å². The average Bonchev–Trinajstić information content (AvgIpc) is 3.00. The minimum atomic E-state index is -0.695. The summed E-state index contributed by atoms with van der Waals surface area (Å²) in [4.78, 5) is 12.2. The zero-order chi connectivity index (χ0) is 16.2. The summed E-state index contributed by atoms with van der Waals surface area (Å²) in [6.07, 6.45) is -0.875. The Labute approximate surface area is 134 Å². The van der Waals surface area contributed by atoms with Crippen LogP contribution in [0.4, 0.5) is 0 Å². The molecule has 2 heterocycles. The van der Waals surface area contributed by atoms with E-state index >= 15 is 0 Å². The molecule has 1 aromatic rings. The molecule has 2 saturated heterocycles. The molecule has 0 aromatic heterocycles. The number of methoxy groups -OCH3 is 1. The molecule has 3 aliphatic rings. The van der Waals surface area contributed by atoms with Crippen LogP contribution in [0.5, 0.6) is 0 Å². The lowest BCUT2D eigenvalue weighted by Crippen LogP contribution is -2.35. The smallest absolute Gasteiger partial charge is 0.338 e. The van der Waals surface area contributed by atoms with Gasteiger partial charge >= 0.3 is 5.97 Å². The predicted molar refractivity (Wildman–Crippen MR) is 78.7 cm³/mol.